The lowest BCUT2D eigenvalue weighted by Gasteiger charge is -2.18. The first-order valence-corrected chi connectivity index (χ1v) is 6.68. The van der Waals surface area contributed by atoms with E-state index in [9.17, 15) is 9.59 Å². The Morgan fingerprint density at radius 2 is 1.78 bits per heavy atom. The molecule has 18 heavy (non-hydrogen) atoms. The largest absolute Gasteiger partial charge is 0.481 e. The van der Waals surface area contributed by atoms with Gasteiger partial charge in [-0.05, 0) is 30.1 Å². The molecule has 102 valence electrons. The van der Waals surface area contributed by atoms with Gasteiger partial charge in [0.1, 0.15) is 0 Å². The van der Waals surface area contributed by atoms with Crippen LogP contribution >= 0.6 is 0 Å². The topological polar surface area (TPSA) is 66.4 Å². The van der Waals surface area contributed by atoms with Crippen molar-refractivity contribution in [3.05, 3.63) is 0 Å². The molecule has 1 amide bonds. The first-order valence-electron chi connectivity index (χ1n) is 6.68. The van der Waals surface area contributed by atoms with Crippen molar-refractivity contribution in [1.82, 2.24) is 5.32 Å². The lowest BCUT2D eigenvalue weighted by Crippen LogP contribution is -2.35. The van der Waals surface area contributed by atoms with Crippen LogP contribution < -0.4 is 5.32 Å². The van der Waals surface area contributed by atoms with Gasteiger partial charge in [0.2, 0.25) is 5.91 Å². The van der Waals surface area contributed by atoms with Crippen molar-refractivity contribution in [2.24, 2.45) is 22.7 Å². The molecular weight excluding hydrogens is 230 g/mol. The summed E-state index contributed by atoms with van der Waals surface area (Å²) in [7, 11) is 0. The minimum Gasteiger partial charge on any atom is -0.481 e. The quantitative estimate of drug-likeness (QED) is 0.809. The Labute approximate surface area is 108 Å². The Hall–Kier alpha value is -1.06. The fourth-order valence-corrected chi connectivity index (χ4v) is 3.44. The van der Waals surface area contributed by atoms with Crippen molar-refractivity contribution >= 4 is 11.9 Å². The number of carboxylic acids is 1. The van der Waals surface area contributed by atoms with E-state index in [-0.39, 0.29) is 17.9 Å². The molecule has 0 aromatic rings. The standard InChI is InChI=1S/C14H23NO3/c1-13(2)6-5-8(7-13)15-11(16)9-10(12(17)18)14(9,3)4/h8-10H,5-7H2,1-4H3,(H,15,16)(H,17,18). The maximum atomic E-state index is 12.1. The van der Waals surface area contributed by atoms with Crippen LogP contribution in [0.4, 0.5) is 0 Å². The number of hydrogen-bond donors (Lipinski definition) is 2. The van der Waals surface area contributed by atoms with Gasteiger partial charge in [0, 0.05) is 6.04 Å². The van der Waals surface area contributed by atoms with Gasteiger partial charge < -0.3 is 10.4 Å². The molecule has 4 heteroatoms. The zero-order valence-corrected chi connectivity index (χ0v) is 11.6. The van der Waals surface area contributed by atoms with E-state index in [2.05, 4.69) is 19.2 Å². The number of amides is 1. The second kappa shape index (κ2) is 3.97. The molecule has 3 atom stereocenters. The van der Waals surface area contributed by atoms with E-state index in [4.69, 9.17) is 5.11 Å². The van der Waals surface area contributed by atoms with E-state index in [1.165, 1.54) is 0 Å². The second-order valence-electron chi connectivity index (χ2n) is 7.23. The average Bonchev–Trinajstić information content (AvgIpc) is 2.62. The zero-order valence-electron chi connectivity index (χ0n) is 11.6. The predicted octanol–water partition coefficient (Wildman–Crippen LogP) is 2.04. The molecular formula is C14H23NO3. The molecule has 2 rings (SSSR count). The second-order valence-corrected chi connectivity index (χ2v) is 7.23. The van der Waals surface area contributed by atoms with Crippen LogP contribution in [0.15, 0.2) is 0 Å². The van der Waals surface area contributed by atoms with Crippen molar-refractivity contribution in [2.45, 2.75) is 53.0 Å². The highest BCUT2D eigenvalue weighted by Crippen LogP contribution is 2.58. The van der Waals surface area contributed by atoms with Gasteiger partial charge in [-0.2, -0.15) is 0 Å². The van der Waals surface area contributed by atoms with Gasteiger partial charge >= 0.3 is 5.97 Å². The summed E-state index contributed by atoms with van der Waals surface area (Å²) in [5.41, 5.74) is -0.104. The summed E-state index contributed by atoms with van der Waals surface area (Å²) in [4.78, 5) is 23.2. The maximum Gasteiger partial charge on any atom is 0.307 e. The minimum absolute atomic E-state index is 0.0740. The van der Waals surface area contributed by atoms with Gasteiger partial charge in [-0.15, -0.1) is 0 Å². The highest BCUT2D eigenvalue weighted by molar-refractivity contribution is 5.91. The molecule has 2 saturated carbocycles. The third kappa shape index (κ3) is 2.25. The average molecular weight is 253 g/mol. The summed E-state index contributed by atoms with van der Waals surface area (Å²) < 4.78 is 0. The van der Waals surface area contributed by atoms with Crippen LogP contribution in [0.2, 0.25) is 0 Å². The Kier molecular flexibility index (Phi) is 2.95. The molecule has 3 unspecified atom stereocenters. The lowest BCUT2D eigenvalue weighted by molar-refractivity contribution is -0.140. The predicted molar refractivity (Wildman–Crippen MR) is 68.0 cm³/mol. The van der Waals surface area contributed by atoms with Gasteiger partial charge in [0.15, 0.2) is 0 Å². The van der Waals surface area contributed by atoms with Gasteiger partial charge in [-0.25, -0.2) is 0 Å². The van der Waals surface area contributed by atoms with Crippen molar-refractivity contribution in [3.63, 3.8) is 0 Å². The van der Waals surface area contributed by atoms with Crippen LogP contribution in [0.1, 0.15) is 47.0 Å². The van der Waals surface area contributed by atoms with Gasteiger partial charge in [0.05, 0.1) is 11.8 Å². The third-order valence-corrected chi connectivity index (χ3v) is 4.69. The molecule has 0 aliphatic heterocycles. The van der Waals surface area contributed by atoms with E-state index < -0.39 is 17.3 Å². The molecule has 0 aromatic carbocycles. The fraction of sp³-hybridized carbons (Fsp3) is 0.857. The van der Waals surface area contributed by atoms with Crippen LogP contribution in [0, 0.1) is 22.7 Å². The lowest BCUT2D eigenvalue weighted by atomic mass is 9.92. The summed E-state index contributed by atoms with van der Waals surface area (Å²) in [6.45, 7) is 8.13. The zero-order chi connectivity index (χ0) is 13.7. The van der Waals surface area contributed by atoms with Crippen LogP contribution in [-0.4, -0.2) is 23.0 Å². The van der Waals surface area contributed by atoms with Crippen molar-refractivity contribution in [2.75, 3.05) is 0 Å². The molecule has 0 aromatic heterocycles. The summed E-state index contributed by atoms with van der Waals surface area (Å²) in [5.74, 6) is -1.81. The van der Waals surface area contributed by atoms with Gasteiger partial charge in [-0.1, -0.05) is 27.7 Å². The third-order valence-electron chi connectivity index (χ3n) is 4.69. The molecule has 2 aliphatic carbocycles. The molecule has 0 spiro atoms. The Bertz CT molecular complexity index is 387. The van der Waals surface area contributed by atoms with Crippen LogP contribution in [-0.2, 0) is 9.59 Å². The van der Waals surface area contributed by atoms with E-state index in [1.807, 2.05) is 13.8 Å². The number of carbonyl (C=O) groups is 2. The number of carbonyl (C=O) groups excluding carboxylic acids is 1. The van der Waals surface area contributed by atoms with Gasteiger partial charge in [0.25, 0.3) is 0 Å². The molecule has 0 heterocycles. The van der Waals surface area contributed by atoms with Gasteiger partial charge in [-0.3, -0.25) is 9.59 Å². The molecule has 0 radical (unpaired) electrons. The maximum absolute atomic E-state index is 12.1. The Morgan fingerprint density at radius 3 is 2.17 bits per heavy atom. The number of rotatable bonds is 3. The van der Waals surface area contributed by atoms with E-state index in [0.717, 1.165) is 19.3 Å². The number of aliphatic carboxylic acids is 1. The molecule has 2 N–H and O–H groups in total. The highest BCUT2D eigenvalue weighted by atomic mass is 16.4. The van der Waals surface area contributed by atoms with Crippen LogP contribution in [0.3, 0.4) is 0 Å². The fourth-order valence-electron chi connectivity index (χ4n) is 3.44. The smallest absolute Gasteiger partial charge is 0.307 e. The molecule has 0 bridgehead atoms. The van der Waals surface area contributed by atoms with E-state index >= 15 is 0 Å². The summed E-state index contributed by atoms with van der Waals surface area (Å²) in [6, 6.07) is 0.221. The summed E-state index contributed by atoms with van der Waals surface area (Å²) >= 11 is 0. The number of carboxylic acid groups (broad SMARTS) is 1. The normalized spacial score (nSPS) is 36.1. The molecule has 4 nitrogen and oxygen atoms in total. The minimum atomic E-state index is -0.855. The molecule has 0 saturated heterocycles. The summed E-state index contributed by atoms with van der Waals surface area (Å²) in [6.07, 6.45) is 3.11. The van der Waals surface area contributed by atoms with Crippen LogP contribution in [0.25, 0.3) is 0 Å². The number of hydrogen-bond acceptors (Lipinski definition) is 2. The molecule has 2 fully saturated rings. The van der Waals surface area contributed by atoms with Crippen molar-refractivity contribution in [1.29, 1.82) is 0 Å². The molecule has 2 aliphatic rings. The highest BCUT2D eigenvalue weighted by Gasteiger charge is 2.66. The Balaban J connectivity index is 1.93. The monoisotopic (exact) mass is 253 g/mol. The SMILES string of the molecule is CC1(C)CCC(NC(=O)C2C(C(=O)O)C2(C)C)C1. The van der Waals surface area contributed by atoms with Crippen LogP contribution in [0.5, 0.6) is 0 Å². The first-order chi connectivity index (χ1) is 8.15. The number of nitrogens with one attached hydrogen (secondary N) is 1. The van der Waals surface area contributed by atoms with E-state index in [1.54, 1.807) is 0 Å². The van der Waals surface area contributed by atoms with Crippen molar-refractivity contribution < 1.29 is 14.7 Å². The first kappa shape index (κ1) is 13.4. The summed E-state index contributed by atoms with van der Waals surface area (Å²) in [5, 5.41) is 12.1. The van der Waals surface area contributed by atoms with E-state index in [0.29, 0.717) is 5.41 Å². The Morgan fingerprint density at radius 1 is 1.17 bits per heavy atom. The van der Waals surface area contributed by atoms with Crippen molar-refractivity contribution in [3.8, 4) is 0 Å².